The van der Waals surface area contributed by atoms with Crippen molar-refractivity contribution in [1.29, 1.82) is 0 Å². The van der Waals surface area contributed by atoms with Gasteiger partial charge in [0, 0.05) is 11.4 Å². The Morgan fingerprint density at radius 1 is 1.47 bits per heavy atom. The molecule has 0 aromatic heterocycles. The number of anilines is 1. The molecule has 1 aromatic carbocycles. The van der Waals surface area contributed by atoms with Crippen LogP contribution in [-0.4, -0.2) is 34.0 Å². The number of aromatic carboxylic acids is 1. The van der Waals surface area contributed by atoms with Gasteiger partial charge in [-0.25, -0.2) is 4.79 Å². The molecule has 1 atom stereocenters. The van der Waals surface area contributed by atoms with Crippen LogP contribution in [0.25, 0.3) is 0 Å². The zero-order chi connectivity index (χ0) is 14.0. The van der Waals surface area contributed by atoms with E-state index in [1.807, 2.05) is 0 Å². The van der Waals surface area contributed by atoms with E-state index in [9.17, 15) is 14.4 Å². The Morgan fingerprint density at radius 3 is 2.79 bits per heavy atom. The lowest BCUT2D eigenvalue weighted by Gasteiger charge is -2.12. The van der Waals surface area contributed by atoms with Crippen molar-refractivity contribution in [3.05, 3.63) is 29.3 Å². The van der Waals surface area contributed by atoms with Gasteiger partial charge in [0.15, 0.2) is 0 Å². The molecule has 100 valence electrons. The van der Waals surface area contributed by atoms with Crippen molar-refractivity contribution in [1.82, 2.24) is 5.32 Å². The minimum atomic E-state index is -1.06. The average Bonchev–Trinajstić information content (AvgIpc) is 2.78. The third-order valence-corrected chi connectivity index (χ3v) is 3.61. The highest BCUT2D eigenvalue weighted by molar-refractivity contribution is 8.14. The molecule has 0 radical (unpaired) electrons. The van der Waals surface area contributed by atoms with Gasteiger partial charge in [0.05, 0.1) is 5.56 Å². The van der Waals surface area contributed by atoms with E-state index in [-0.39, 0.29) is 16.7 Å². The van der Waals surface area contributed by atoms with Crippen LogP contribution in [-0.2, 0) is 4.79 Å². The number of carboxylic acids is 1. The normalized spacial score (nSPS) is 17.9. The number of carboxylic acid groups (broad SMARTS) is 1. The summed E-state index contributed by atoms with van der Waals surface area (Å²) < 4.78 is 0. The maximum Gasteiger partial charge on any atom is 0.335 e. The van der Waals surface area contributed by atoms with Gasteiger partial charge in [0.2, 0.25) is 5.91 Å². The first kappa shape index (κ1) is 13.4. The molecule has 1 aliphatic rings. The predicted molar refractivity (Wildman–Crippen MR) is 71.5 cm³/mol. The van der Waals surface area contributed by atoms with Gasteiger partial charge < -0.3 is 15.7 Å². The number of hydrogen-bond donors (Lipinski definition) is 3. The fourth-order valence-electron chi connectivity index (χ4n) is 1.64. The highest BCUT2D eigenvalue weighted by atomic mass is 32.2. The van der Waals surface area contributed by atoms with E-state index < -0.39 is 12.0 Å². The molecule has 0 saturated carbocycles. The summed E-state index contributed by atoms with van der Waals surface area (Å²) in [6.07, 6.45) is 0. The number of carbonyl (C=O) groups excluding carboxylic acids is 2. The third kappa shape index (κ3) is 3.05. The van der Waals surface area contributed by atoms with E-state index in [4.69, 9.17) is 5.11 Å². The summed E-state index contributed by atoms with van der Waals surface area (Å²) >= 11 is 1.05. The molecule has 1 saturated heterocycles. The number of nitrogens with one attached hydrogen (secondary N) is 2. The average molecular weight is 280 g/mol. The molecule has 1 aromatic rings. The third-order valence-electron chi connectivity index (χ3n) is 2.73. The first-order valence-corrected chi connectivity index (χ1v) is 6.54. The van der Waals surface area contributed by atoms with Gasteiger partial charge in [0.1, 0.15) is 6.04 Å². The molecule has 0 aliphatic carbocycles. The van der Waals surface area contributed by atoms with Crippen molar-refractivity contribution in [3.8, 4) is 0 Å². The summed E-state index contributed by atoms with van der Waals surface area (Å²) in [5, 5.41) is 13.8. The van der Waals surface area contributed by atoms with E-state index in [2.05, 4.69) is 10.6 Å². The van der Waals surface area contributed by atoms with Crippen LogP contribution in [0.3, 0.4) is 0 Å². The van der Waals surface area contributed by atoms with Gasteiger partial charge in [-0.2, -0.15) is 0 Å². The van der Waals surface area contributed by atoms with Crippen molar-refractivity contribution in [2.24, 2.45) is 0 Å². The van der Waals surface area contributed by atoms with E-state index in [0.29, 0.717) is 11.4 Å². The molecule has 1 aliphatic heterocycles. The molecule has 1 unspecified atom stereocenters. The molecule has 6 nitrogen and oxygen atoms in total. The lowest BCUT2D eigenvalue weighted by atomic mass is 10.1. The van der Waals surface area contributed by atoms with E-state index >= 15 is 0 Å². The van der Waals surface area contributed by atoms with E-state index in [1.165, 1.54) is 12.1 Å². The topological polar surface area (TPSA) is 95.5 Å². The van der Waals surface area contributed by atoms with Crippen LogP contribution in [0.1, 0.15) is 15.9 Å². The van der Waals surface area contributed by atoms with E-state index in [0.717, 1.165) is 17.3 Å². The number of carbonyl (C=O) groups is 3. The summed E-state index contributed by atoms with van der Waals surface area (Å²) in [4.78, 5) is 33.8. The lowest BCUT2D eigenvalue weighted by molar-refractivity contribution is -0.117. The van der Waals surface area contributed by atoms with Gasteiger partial charge in [-0.15, -0.1) is 0 Å². The van der Waals surface area contributed by atoms with Crippen LogP contribution in [0.2, 0.25) is 0 Å². The molecule has 3 N–H and O–H groups in total. The molecule has 0 spiro atoms. The molecule has 2 rings (SSSR count). The fourth-order valence-corrected chi connectivity index (χ4v) is 2.41. The summed E-state index contributed by atoms with van der Waals surface area (Å²) in [6.45, 7) is 1.77. The Hall–Kier alpha value is -2.02. The maximum absolute atomic E-state index is 11.9. The second-order valence-corrected chi connectivity index (χ2v) is 5.11. The van der Waals surface area contributed by atoms with Crippen molar-refractivity contribution in [3.63, 3.8) is 0 Å². The smallest absolute Gasteiger partial charge is 0.335 e. The molecule has 7 heteroatoms. The Labute approximate surface area is 113 Å². The predicted octanol–water partition coefficient (Wildman–Crippen LogP) is 1.46. The molecular weight excluding hydrogens is 268 g/mol. The summed E-state index contributed by atoms with van der Waals surface area (Å²) in [6, 6.07) is 3.92. The number of thioether (sulfide) groups is 1. The second kappa shape index (κ2) is 5.31. The van der Waals surface area contributed by atoms with Crippen LogP contribution < -0.4 is 10.6 Å². The van der Waals surface area contributed by atoms with Crippen molar-refractivity contribution in [2.45, 2.75) is 13.0 Å². The lowest BCUT2D eigenvalue weighted by Crippen LogP contribution is -2.38. The number of rotatable bonds is 3. The van der Waals surface area contributed by atoms with Crippen LogP contribution >= 0.6 is 11.8 Å². The van der Waals surface area contributed by atoms with Gasteiger partial charge in [-0.1, -0.05) is 17.8 Å². The Balaban J connectivity index is 2.14. The second-order valence-electron chi connectivity index (χ2n) is 4.12. The molecule has 19 heavy (non-hydrogen) atoms. The van der Waals surface area contributed by atoms with Gasteiger partial charge in [-0.3, -0.25) is 9.59 Å². The quantitative estimate of drug-likeness (QED) is 0.779. The number of aryl methyl sites for hydroxylation is 1. The Kier molecular flexibility index (Phi) is 3.75. The Morgan fingerprint density at radius 2 is 2.21 bits per heavy atom. The summed E-state index contributed by atoms with van der Waals surface area (Å²) in [7, 11) is 0. The minimum absolute atomic E-state index is 0.103. The van der Waals surface area contributed by atoms with E-state index in [1.54, 1.807) is 13.0 Å². The molecule has 0 bridgehead atoms. The monoisotopic (exact) mass is 280 g/mol. The van der Waals surface area contributed by atoms with Crippen LogP contribution in [0, 0.1) is 6.92 Å². The SMILES string of the molecule is Cc1ccc(C(=O)O)cc1NC(=O)C1CSC(=O)N1. The fraction of sp³-hybridized carbons (Fsp3) is 0.250. The number of hydrogen-bond acceptors (Lipinski definition) is 4. The maximum atomic E-state index is 11.9. The van der Waals surface area contributed by atoms with Crippen LogP contribution in [0.15, 0.2) is 18.2 Å². The standard InChI is InChI=1S/C12H12N2O4S/c1-6-2-3-7(11(16)17)4-8(6)13-10(15)9-5-19-12(18)14-9/h2-4,9H,5H2,1H3,(H,13,15)(H,14,18)(H,16,17). The zero-order valence-corrected chi connectivity index (χ0v) is 10.9. The summed E-state index contributed by atoms with van der Waals surface area (Å²) in [5.41, 5.74) is 1.30. The highest BCUT2D eigenvalue weighted by Gasteiger charge is 2.28. The van der Waals surface area contributed by atoms with Crippen LogP contribution in [0.4, 0.5) is 10.5 Å². The van der Waals surface area contributed by atoms with Crippen molar-refractivity contribution < 1.29 is 19.5 Å². The zero-order valence-electron chi connectivity index (χ0n) is 10.1. The first-order chi connectivity index (χ1) is 8.97. The Bertz CT molecular complexity index is 559. The van der Waals surface area contributed by atoms with Crippen molar-refractivity contribution >= 4 is 34.6 Å². The highest BCUT2D eigenvalue weighted by Crippen LogP contribution is 2.19. The molecular formula is C12H12N2O4S. The molecule has 1 heterocycles. The van der Waals surface area contributed by atoms with Crippen LogP contribution in [0.5, 0.6) is 0 Å². The summed E-state index contributed by atoms with van der Waals surface area (Å²) in [5.74, 6) is -1.02. The van der Waals surface area contributed by atoms with Crippen molar-refractivity contribution in [2.75, 3.05) is 11.1 Å². The first-order valence-electron chi connectivity index (χ1n) is 5.55. The van der Waals surface area contributed by atoms with Gasteiger partial charge in [-0.05, 0) is 24.6 Å². The molecule has 2 amide bonds. The van der Waals surface area contributed by atoms with Gasteiger partial charge in [0.25, 0.3) is 5.24 Å². The minimum Gasteiger partial charge on any atom is -0.478 e. The largest absolute Gasteiger partial charge is 0.478 e. The number of amides is 2. The van der Waals surface area contributed by atoms with Gasteiger partial charge >= 0.3 is 5.97 Å². The molecule has 1 fully saturated rings. The number of benzene rings is 1.